The molecule has 100 valence electrons. The van der Waals surface area contributed by atoms with E-state index in [1.54, 1.807) is 6.92 Å². The van der Waals surface area contributed by atoms with Crippen LogP contribution in [0, 0.1) is 0 Å². The number of carbonyl (C=O) groups is 2. The molecule has 2 fully saturated rings. The van der Waals surface area contributed by atoms with E-state index in [2.05, 4.69) is 9.64 Å². The maximum Gasteiger partial charge on any atom is 0.333 e. The summed E-state index contributed by atoms with van der Waals surface area (Å²) in [7, 11) is 1.39. The van der Waals surface area contributed by atoms with Crippen molar-refractivity contribution in [3.63, 3.8) is 0 Å². The van der Waals surface area contributed by atoms with E-state index < -0.39 is 0 Å². The average Bonchev–Trinajstić information content (AvgIpc) is 2.76. The Bertz CT molecular complexity index is 378. The number of hydrogen-bond donors (Lipinski definition) is 0. The van der Waals surface area contributed by atoms with Crippen LogP contribution in [0.15, 0.2) is 11.6 Å². The van der Waals surface area contributed by atoms with E-state index in [9.17, 15) is 9.59 Å². The summed E-state index contributed by atoms with van der Waals surface area (Å²) >= 11 is 0. The molecule has 2 aliphatic rings. The lowest BCUT2D eigenvalue weighted by Crippen LogP contribution is -2.51. The molecule has 5 heteroatoms. The van der Waals surface area contributed by atoms with Crippen LogP contribution in [-0.2, 0) is 14.3 Å². The molecule has 0 aliphatic carbocycles. The topological polar surface area (TPSA) is 49.9 Å². The Balaban J connectivity index is 1.86. The zero-order valence-electron chi connectivity index (χ0n) is 11.0. The Hall–Kier alpha value is -1.36. The van der Waals surface area contributed by atoms with E-state index in [0.717, 1.165) is 32.6 Å². The van der Waals surface area contributed by atoms with Crippen LogP contribution in [0.1, 0.15) is 19.8 Å². The molecule has 0 aromatic heterocycles. The van der Waals surface area contributed by atoms with Crippen LogP contribution in [0.4, 0.5) is 0 Å². The Kier molecular flexibility index (Phi) is 4.01. The highest BCUT2D eigenvalue weighted by atomic mass is 16.5. The van der Waals surface area contributed by atoms with Gasteiger partial charge in [-0.1, -0.05) is 6.08 Å². The van der Waals surface area contributed by atoms with E-state index in [0.29, 0.717) is 23.9 Å². The predicted molar refractivity (Wildman–Crippen MR) is 66.9 cm³/mol. The van der Waals surface area contributed by atoms with E-state index >= 15 is 0 Å². The molecule has 1 amide bonds. The smallest absolute Gasteiger partial charge is 0.333 e. The van der Waals surface area contributed by atoms with Gasteiger partial charge < -0.3 is 9.64 Å². The first-order chi connectivity index (χ1) is 8.61. The fourth-order valence-electron chi connectivity index (χ4n) is 2.60. The minimum absolute atomic E-state index is 0.273. The predicted octanol–water partition coefficient (Wildman–Crippen LogP) is 0.412. The van der Waals surface area contributed by atoms with Crippen LogP contribution in [0.25, 0.3) is 0 Å². The second kappa shape index (κ2) is 5.52. The third-order valence-electron chi connectivity index (χ3n) is 3.74. The molecule has 5 nitrogen and oxygen atoms in total. The second-order valence-corrected chi connectivity index (χ2v) is 4.92. The summed E-state index contributed by atoms with van der Waals surface area (Å²) < 4.78 is 4.66. The number of fused-ring (bicyclic) bond motifs is 1. The van der Waals surface area contributed by atoms with Crippen molar-refractivity contribution in [2.75, 3.05) is 33.3 Å². The number of ether oxygens (including phenoxy) is 1. The molecule has 0 spiro atoms. The second-order valence-electron chi connectivity index (χ2n) is 4.92. The van der Waals surface area contributed by atoms with Crippen molar-refractivity contribution in [1.29, 1.82) is 0 Å². The zero-order valence-corrected chi connectivity index (χ0v) is 11.0. The summed E-state index contributed by atoms with van der Waals surface area (Å²) in [6, 6.07) is 0.373. The van der Waals surface area contributed by atoms with Gasteiger partial charge in [-0.15, -0.1) is 0 Å². The summed E-state index contributed by atoms with van der Waals surface area (Å²) in [5.41, 5.74) is 0.641. The molecule has 2 aliphatic heterocycles. The van der Waals surface area contributed by atoms with E-state index in [1.165, 1.54) is 7.11 Å². The minimum atomic E-state index is -0.273. The van der Waals surface area contributed by atoms with Gasteiger partial charge in [0.15, 0.2) is 0 Å². The van der Waals surface area contributed by atoms with Crippen LogP contribution in [0.3, 0.4) is 0 Å². The number of carbonyl (C=O) groups excluding carboxylic acids is 2. The van der Waals surface area contributed by atoms with Gasteiger partial charge in [-0.05, 0) is 13.3 Å². The molecule has 1 unspecified atom stereocenters. The third kappa shape index (κ3) is 2.72. The van der Waals surface area contributed by atoms with Gasteiger partial charge in [-0.2, -0.15) is 0 Å². The molecule has 0 N–H and O–H groups in total. The van der Waals surface area contributed by atoms with Crippen molar-refractivity contribution in [1.82, 2.24) is 9.80 Å². The summed E-state index contributed by atoms with van der Waals surface area (Å²) in [5.74, 6) is 0.0191. The molecular formula is C13H20N2O3. The number of piperazine rings is 1. The number of methoxy groups -OCH3 is 1. The van der Waals surface area contributed by atoms with Crippen molar-refractivity contribution >= 4 is 11.9 Å². The van der Waals surface area contributed by atoms with Crippen LogP contribution in [0.2, 0.25) is 0 Å². The first-order valence-electron chi connectivity index (χ1n) is 6.38. The van der Waals surface area contributed by atoms with Crippen LogP contribution >= 0.6 is 0 Å². The average molecular weight is 252 g/mol. The lowest BCUT2D eigenvalue weighted by atomic mass is 10.1. The quantitative estimate of drug-likeness (QED) is 0.539. The molecule has 0 radical (unpaired) electrons. The number of amides is 1. The Labute approximate surface area is 107 Å². The highest BCUT2D eigenvalue weighted by molar-refractivity contribution is 5.87. The molecule has 1 atom stereocenters. The van der Waals surface area contributed by atoms with E-state index in [-0.39, 0.29) is 5.97 Å². The Morgan fingerprint density at radius 3 is 3.00 bits per heavy atom. The largest absolute Gasteiger partial charge is 0.466 e. The molecular weight excluding hydrogens is 232 g/mol. The van der Waals surface area contributed by atoms with Crippen LogP contribution in [-0.4, -0.2) is 61.0 Å². The normalized spacial score (nSPS) is 25.2. The van der Waals surface area contributed by atoms with Crippen molar-refractivity contribution in [2.24, 2.45) is 0 Å². The van der Waals surface area contributed by atoms with Gasteiger partial charge in [0, 0.05) is 44.2 Å². The maximum absolute atomic E-state index is 11.5. The highest BCUT2D eigenvalue weighted by Gasteiger charge is 2.34. The van der Waals surface area contributed by atoms with Crippen molar-refractivity contribution in [3.05, 3.63) is 11.6 Å². The maximum atomic E-state index is 11.5. The molecule has 2 heterocycles. The Morgan fingerprint density at radius 1 is 1.50 bits per heavy atom. The fraction of sp³-hybridized carbons (Fsp3) is 0.692. The van der Waals surface area contributed by atoms with Gasteiger partial charge in [0.2, 0.25) is 5.91 Å². The zero-order chi connectivity index (χ0) is 13.1. The minimum Gasteiger partial charge on any atom is -0.466 e. The van der Waals surface area contributed by atoms with Gasteiger partial charge in [0.05, 0.1) is 7.11 Å². The Morgan fingerprint density at radius 2 is 2.28 bits per heavy atom. The summed E-state index contributed by atoms with van der Waals surface area (Å²) in [4.78, 5) is 27.1. The first-order valence-corrected chi connectivity index (χ1v) is 6.38. The molecule has 18 heavy (non-hydrogen) atoms. The molecule has 0 aromatic rings. The molecule has 2 rings (SSSR count). The molecule has 0 aromatic carbocycles. The fourth-order valence-corrected chi connectivity index (χ4v) is 2.60. The monoisotopic (exact) mass is 252 g/mol. The molecule has 2 saturated heterocycles. The van der Waals surface area contributed by atoms with Crippen molar-refractivity contribution in [3.8, 4) is 0 Å². The third-order valence-corrected chi connectivity index (χ3v) is 3.74. The van der Waals surface area contributed by atoms with Crippen LogP contribution in [0.5, 0.6) is 0 Å². The van der Waals surface area contributed by atoms with Gasteiger partial charge in [0.25, 0.3) is 0 Å². The molecule has 0 saturated carbocycles. The highest BCUT2D eigenvalue weighted by Crippen LogP contribution is 2.22. The van der Waals surface area contributed by atoms with Crippen molar-refractivity contribution < 1.29 is 14.3 Å². The SMILES string of the molecule is COC(=O)C(C)=CCN1CCN2C(=O)CCC2C1. The van der Waals surface area contributed by atoms with E-state index in [1.807, 2.05) is 11.0 Å². The van der Waals surface area contributed by atoms with Gasteiger partial charge in [0.1, 0.15) is 0 Å². The van der Waals surface area contributed by atoms with Gasteiger partial charge in [-0.3, -0.25) is 9.69 Å². The number of hydrogen-bond acceptors (Lipinski definition) is 4. The van der Waals surface area contributed by atoms with Gasteiger partial charge >= 0.3 is 5.97 Å². The summed E-state index contributed by atoms with van der Waals surface area (Å²) in [6.07, 6.45) is 3.56. The first kappa shape index (κ1) is 13.1. The van der Waals surface area contributed by atoms with Crippen LogP contribution < -0.4 is 0 Å². The lowest BCUT2D eigenvalue weighted by Gasteiger charge is -2.37. The lowest BCUT2D eigenvalue weighted by molar-refractivity contribution is -0.136. The van der Waals surface area contributed by atoms with E-state index in [4.69, 9.17) is 0 Å². The summed E-state index contributed by atoms with van der Waals surface area (Å²) in [6.45, 7) is 5.12. The number of rotatable bonds is 3. The summed E-state index contributed by atoms with van der Waals surface area (Å²) in [5, 5.41) is 0. The van der Waals surface area contributed by atoms with Crippen molar-refractivity contribution in [2.45, 2.75) is 25.8 Å². The number of esters is 1. The standard InChI is InChI=1S/C13H20N2O3/c1-10(13(17)18-2)5-6-14-7-8-15-11(9-14)3-4-12(15)16/h5,11H,3-4,6-9H2,1-2H3. The van der Waals surface area contributed by atoms with Gasteiger partial charge in [-0.25, -0.2) is 4.79 Å². The number of nitrogens with zero attached hydrogens (tertiary/aromatic N) is 2. The molecule has 0 bridgehead atoms.